The Labute approximate surface area is 210 Å². The van der Waals surface area contributed by atoms with Crippen LogP contribution < -0.4 is 21.9 Å². The number of aromatic nitrogens is 2. The topological polar surface area (TPSA) is 145 Å². The molecular formula is C26H36N4O6. The van der Waals surface area contributed by atoms with E-state index in [1.54, 1.807) is 30.3 Å². The van der Waals surface area contributed by atoms with Crippen LogP contribution in [-0.4, -0.2) is 39.9 Å². The number of carbonyl (C=O) groups is 3. The molecule has 1 atom stereocenters. The lowest BCUT2D eigenvalue weighted by Gasteiger charge is -2.24. The van der Waals surface area contributed by atoms with Crippen LogP contribution in [0.2, 0.25) is 0 Å². The Bertz CT molecular complexity index is 1160. The van der Waals surface area contributed by atoms with E-state index in [2.05, 4.69) is 4.98 Å². The molecule has 10 heteroatoms. The molecule has 0 unspecified atom stereocenters. The van der Waals surface area contributed by atoms with E-state index in [9.17, 15) is 24.0 Å². The molecule has 0 spiro atoms. The van der Waals surface area contributed by atoms with Crippen molar-refractivity contribution in [1.29, 1.82) is 0 Å². The fraction of sp³-hybridized carbons (Fsp3) is 0.500. The lowest BCUT2D eigenvalue weighted by molar-refractivity contribution is -0.147. The highest BCUT2D eigenvalue weighted by molar-refractivity contribution is 6.00. The van der Waals surface area contributed by atoms with Crippen molar-refractivity contribution in [2.45, 2.75) is 78.4 Å². The summed E-state index contributed by atoms with van der Waals surface area (Å²) >= 11 is 0. The van der Waals surface area contributed by atoms with Crippen LogP contribution >= 0.6 is 0 Å². The van der Waals surface area contributed by atoms with Crippen LogP contribution in [0.5, 0.6) is 0 Å². The van der Waals surface area contributed by atoms with Gasteiger partial charge in [0.1, 0.15) is 5.82 Å². The molecular weight excluding hydrogens is 464 g/mol. The predicted molar refractivity (Wildman–Crippen MR) is 138 cm³/mol. The smallest absolute Gasteiger partial charge is 0.330 e. The van der Waals surface area contributed by atoms with Gasteiger partial charge in [-0.2, -0.15) is 0 Å². The minimum Gasteiger partial charge on any atom is -0.454 e. The van der Waals surface area contributed by atoms with E-state index in [1.165, 1.54) is 16.4 Å². The van der Waals surface area contributed by atoms with Crippen molar-refractivity contribution in [3.63, 3.8) is 0 Å². The van der Waals surface area contributed by atoms with Gasteiger partial charge in [0, 0.05) is 25.1 Å². The number of esters is 1. The maximum absolute atomic E-state index is 13.2. The van der Waals surface area contributed by atoms with Crippen molar-refractivity contribution in [3.8, 4) is 0 Å². The van der Waals surface area contributed by atoms with Crippen LogP contribution in [0.4, 0.5) is 11.5 Å². The first-order valence-electron chi connectivity index (χ1n) is 12.4. The summed E-state index contributed by atoms with van der Waals surface area (Å²) in [6, 6.07) is 8.47. The molecule has 1 aromatic carbocycles. The fourth-order valence-corrected chi connectivity index (χ4v) is 3.75. The van der Waals surface area contributed by atoms with Crippen molar-refractivity contribution < 1.29 is 19.1 Å². The number of benzene rings is 1. The third kappa shape index (κ3) is 7.66. The number of nitrogens with zero attached hydrogens (tertiary/aromatic N) is 2. The zero-order valence-corrected chi connectivity index (χ0v) is 21.2. The summed E-state index contributed by atoms with van der Waals surface area (Å²) in [4.78, 5) is 66.4. The molecule has 2 aromatic rings. The molecule has 0 saturated carbocycles. The second-order valence-electron chi connectivity index (χ2n) is 8.61. The van der Waals surface area contributed by atoms with Crippen molar-refractivity contribution in [2.75, 3.05) is 17.2 Å². The second-order valence-corrected chi connectivity index (χ2v) is 8.61. The number of hydrogen-bond acceptors (Lipinski definition) is 7. The van der Waals surface area contributed by atoms with Gasteiger partial charge in [0.25, 0.3) is 5.56 Å². The molecule has 0 fully saturated rings. The maximum atomic E-state index is 13.2. The van der Waals surface area contributed by atoms with Crippen molar-refractivity contribution in [1.82, 2.24) is 9.55 Å². The summed E-state index contributed by atoms with van der Waals surface area (Å²) in [5, 5.41) is 0. The highest BCUT2D eigenvalue weighted by atomic mass is 16.5. The van der Waals surface area contributed by atoms with Gasteiger partial charge in [-0.15, -0.1) is 0 Å². The quantitative estimate of drug-likeness (QED) is 0.230. The summed E-state index contributed by atoms with van der Waals surface area (Å²) in [5.41, 5.74) is 5.15. The summed E-state index contributed by atoms with van der Waals surface area (Å²) < 4.78 is 6.49. The van der Waals surface area contributed by atoms with Gasteiger partial charge in [-0.05, 0) is 19.8 Å². The van der Waals surface area contributed by atoms with Crippen molar-refractivity contribution in [3.05, 3.63) is 56.7 Å². The number of rotatable bonds is 14. The van der Waals surface area contributed by atoms with Crippen LogP contribution in [0.25, 0.3) is 0 Å². The number of aromatic amines is 1. The molecule has 0 bridgehead atoms. The summed E-state index contributed by atoms with van der Waals surface area (Å²) in [6.45, 7) is 5.96. The number of amides is 1. The first-order valence-corrected chi connectivity index (χ1v) is 12.4. The number of ether oxygens (including phenoxy) is 1. The average molecular weight is 501 g/mol. The van der Waals surface area contributed by atoms with Crippen LogP contribution in [0.15, 0.2) is 39.9 Å². The predicted octanol–water partition coefficient (Wildman–Crippen LogP) is 3.04. The Kier molecular flexibility index (Phi) is 11.1. The van der Waals surface area contributed by atoms with Gasteiger partial charge in [0.2, 0.25) is 11.7 Å². The van der Waals surface area contributed by atoms with Crippen LogP contribution in [0.3, 0.4) is 0 Å². The molecule has 2 rings (SSSR count). The van der Waals surface area contributed by atoms with Gasteiger partial charge in [-0.25, -0.2) is 4.79 Å². The maximum Gasteiger partial charge on any atom is 0.330 e. The lowest BCUT2D eigenvalue weighted by atomic mass is 10.1. The van der Waals surface area contributed by atoms with Gasteiger partial charge in [0.05, 0.1) is 6.42 Å². The Hall–Kier alpha value is -3.69. The summed E-state index contributed by atoms with van der Waals surface area (Å²) in [6.07, 6.45) is 2.28. The van der Waals surface area contributed by atoms with Crippen molar-refractivity contribution in [2.24, 2.45) is 0 Å². The Morgan fingerprint density at radius 3 is 2.33 bits per heavy atom. The zero-order chi connectivity index (χ0) is 26.7. The second kappa shape index (κ2) is 14.0. The molecule has 0 saturated heterocycles. The van der Waals surface area contributed by atoms with Gasteiger partial charge >= 0.3 is 11.7 Å². The van der Waals surface area contributed by atoms with E-state index < -0.39 is 29.2 Å². The van der Waals surface area contributed by atoms with Crippen LogP contribution in [0, 0.1) is 0 Å². The molecule has 36 heavy (non-hydrogen) atoms. The highest BCUT2D eigenvalue weighted by Crippen LogP contribution is 2.20. The molecule has 0 aliphatic rings. The molecule has 196 valence electrons. The number of nitrogens with one attached hydrogen (secondary N) is 1. The van der Waals surface area contributed by atoms with Gasteiger partial charge < -0.3 is 15.4 Å². The SMILES string of the molecule is CCCCCN(C(=O)CCC(=O)O[C@H](C)C(=O)c1ccccc1)c1c(N)n(CCCC)c(=O)[nH]c1=O. The molecule has 0 aliphatic heterocycles. The number of H-pyrrole nitrogens is 1. The van der Waals surface area contributed by atoms with E-state index in [0.29, 0.717) is 24.9 Å². The molecule has 0 aliphatic carbocycles. The van der Waals surface area contributed by atoms with Gasteiger partial charge in [-0.3, -0.25) is 28.7 Å². The van der Waals surface area contributed by atoms with Crippen LogP contribution in [0.1, 0.15) is 76.1 Å². The third-order valence-electron chi connectivity index (χ3n) is 5.78. The number of carbonyl (C=O) groups excluding carboxylic acids is 3. The number of nitrogen functional groups attached to an aromatic ring is 1. The van der Waals surface area contributed by atoms with Gasteiger partial charge in [-0.1, -0.05) is 63.4 Å². The number of ketones is 1. The molecule has 1 amide bonds. The Morgan fingerprint density at radius 2 is 1.69 bits per heavy atom. The number of Topliss-reactive ketones (excluding diaryl/α,β-unsaturated/α-hetero) is 1. The summed E-state index contributed by atoms with van der Waals surface area (Å²) in [7, 11) is 0. The number of nitrogens with two attached hydrogens (primary N) is 1. The van der Waals surface area contributed by atoms with E-state index >= 15 is 0 Å². The molecule has 1 heterocycles. The van der Waals surface area contributed by atoms with E-state index in [4.69, 9.17) is 10.5 Å². The molecule has 1 aromatic heterocycles. The first kappa shape index (κ1) is 28.5. The number of hydrogen-bond donors (Lipinski definition) is 2. The summed E-state index contributed by atoms with van der Waals surface area (Å²) in [5.74, 6) is -1.62. The van der Waals surface area contributed by atoms with E-state index in [1.807, 2.05) is 13.8 Å². The Morgan fingerprint density at radius 1 is 1.03 bits per heavy atom. The normalized spacial score (nSPS) is 11.6. The lowest BCUT2D eigenvalue weighted by Crippen LogP contribution is -2.41. The first-order chi connectivity index (χ1) is 17.2. The average Bonchev–Trinajstić information content (AvgIpc) is 2.86. The number of anilines is 2. The number of unbranched alkanes of at least 4 members (excludes halogenated alkanes) is 3. The minimum atomic E-state index is -1.00. The highest BCUT2D eigenvalue weighted by Gasteiger charge is 2.25. The van der Waals surface area contributed by atoms with Gasteiger partial charge in [0.15, 0.2) is 11.8 Å². The van der Waals surface area contributed by atoms with E-state index in [-0.39, 0.29) is 36.7 Å². The molecule has 10 nitrogen and oxygen atoms in total. The largest absolute Gasteiger partial charge is 0.454 e. The standard InChI is InChI=1S/C26H36N4O6/c1-4-6-11-17-29(22-24(27)30(16-7-5-2)26(35)28-25(22)34)20(31)14-15-21(32)36-18(3)23(33)19-12-9-8-10-13-19/h8-10,12-13,18H,4-7,11,14-17,27H2,1-3H3,(H,28,34,35)/t18-/m1/s1. The van der Waals surface area contributed by atoms with Crippen LogP contribution in [-0.2, 0) is 20.9 Å². The minimum absolute atomic E-state index is 0.0771. The Balaban J connectivity index is 2.16. The molecule has 3 N–H and O–H groups in total. The third-order valence-corrected chi connectivity index (χ3v) is 5.78. The monoisotopic (exact) mass is 500 g/mol. The van der Waals surface area contributed by atoms with Crippen molar-refractivity contribution >= 4 is 29.2 Å². The zero-order valence-electron chi connectivity index (χ0n) is 21.2. The fourth-order valence-electron chi connectivity index (χ4n) is 3.75. The van der Waals surface area contributed by atoms with E-state index in [0.717, 1.165) is 19.3 Å². The molecule has 0 radical (unpaired) electrons.